The van der Waals surface area contributed by atoms with Gasteiger partial charge in [-0.15, -0.1) is 0 Å². The first-order valence-electron chi connectivity index (χ1n) is 7.02. The number of hydrogen-bond acceptors (Lipinski definition) is 4. The number of benzene rings is 1. The van der Waals surface area contributed by atoms with Gasteiger partial charge < -0.3 is 9.64 Å². The van der Waals surface area contributed by atoms with Crippen molar-refractivity contribution < 1.29 is 4.74 Å². The highest BCUT2D eigenvalue weighted by atomic mass is 16.5. The van der Waals surface area contributed by atoms with Crippen LogP contribution in [0, 0.1) is 0 Å². The molecule has 0 N–H and O–H groups in total. The lowest BCUT2D eigenvalue weighted by Gasteiger charge is -2.32. The first kappa shape index (κ1) is 13.1. The summed E-state index contributed by atoms with van der Waals surface area (Å²) in [5.74, 6) is 0.980. The normalized spacial score (nSPS) is 16.4. The first-order chi connectivity index (χ1) is 9.88. The van der Waals surface area contributed by atoms with Gasteiger partial charge in [-0.2, -0.15) is 0 Å². The molecule has 0 unspecified atom stereocenters. The van der Waals surface area contributed by atoms with E-state index in [0.717, 1.165) is 43.0 Å². The van der Waals surface area contributed by atoms with E-state index in [4.69, 9.17) is 4.74 Å². The maximum Gasteiger partial charge on any atom is 0.155 e. The van der Waals surface area contributed by atoms with Crippen molar-refractivity contribution in [2.24, 2.45) is 0 Å². The predicted octanol–water partition coefficient (Wildman–Crippen LogP) is 2.76. The summed E-state index contributed by atoms with van der Waals surface area (Å²) in [5.41, 5.74) is 2.08. The van der Waals surface area contributed by atoms with E-state index in [1.165, 1.54) is 0 Å². The van der Waals surface area contributed by atoms with Crippen molar-refractivity contribution in [2.75, 3.05) is 25.1 Å². The molecular weight excluding hydrogens is 250 g/mol. The number of ether oxygens (including phenoxy) is 1. The third-order valence-corrected chi connectivity index (χ3v) is 3.80. The second-order valence-corrected chi connectivity index (χ2v) is 5.02. The van der Waals surface area contributed by atoms with Crippen molar-refractivity contribution in [3.05, 3.63) is 42.7 Å². The van der Waals surface area contributed by atoms with Crippen molar-refractivity contribution >= 4 is 5.82 Å². The molecule has 3 rings (SSSR count). The molecule has 0 saturated carbocycles. The average Bonchev–Trinajstić information content (AvgIpc) is 2.56. The SMILES string of the molecule is COC1CCN(c2nccnc2-c2ccccc2)CC1. The number of methoxy groups -OCH3 is 1. The van der Waals surface area contributed by atoms with Gasteiger partial charge in [0.25, 0.3) is 0 Å². The molecule has 0 amide bonds. The molecule has 20 heavy (non-hydrogen) atoms. The molecule has 1 saturated heterocycles. The molecule has 2 heterocycles. The van der Waals surface area contributed by atoms with Gasteiger partial charge in [0, 0.05) is 38.2 Å². The van der Waals surface area contributed by atoms with Gasteiger partial charge in [0.2, 0.25) is 0 Å². The molecule has 1 aromatic heterocycles. The van der Waals surface area contributed by atoms with Crippen molar-refractivity contribution in [1.29, 1.82) is 0 Å². The summed E-state index contributed by atoms with van der Waals surface area (Å²) in [6.07, 6.45) is 5.99. The van der Waals surface area contributed by atoms with E-state index < -0.39 is 0 Å². The number of hydrogen-bond donors (Lipinski definition) is 0. The molecule has 0 aliphatic carbocycles. The molecule has 4 nitrogen and oxygen atoms in total. The van der Waals surface area contributed by atoms with Crippen LogP contribution in [-0.4, -0.2) is 36.3 Å². The fourth-order valence-corrected chi connectivity index (χ4v) is 2.67. The summed E-state index contributed by atoms with van der Waals surface area (Å²) >= 11 is 0. The van der Waals surface area contributed by atoms with Gasteiger partial charge in [-0.25, -0.2) is 4.98 Å². The van der Waals surface area contributed by atoms with E-state index in [9.17, 15) is 0 Å². The Balaban J connectivity index is 1.87. The van der Waals surface area contributed by atoms with E-state index >= 15 is 0 Å². The molecule has 1 fully saturated rings. The number of piperidine rings is 1. The second kappa shape index (κ2) is 6.01. The smallest absolute Gasteiger partial charge is 0.155 e. The molecule has 0 bridgehead atoms. The lowest BCUT2D eigenvalue weighted by Crippen LogP contribution is -2.37. The van der Waals surface area contributed by atoms with E-state index in [1.807, 2.05) is 18.2 Å². The Hall–Kier alpha value is -1.94. The predicted molar refractivity (Wildman–Crippen MR) is 79.7 cm³/mol. The van der Waals surface area contributed by atoms with Gasteiger partial charge >= 0.3 is 0 Å². The number of nitrogens with zero attached hydrogens (tertiary/aromatic N) is 3. The molecular formula is C16H19N3O. The largest absolute Gasteiger partial charge is 0.381 e. The van der Waals surface area contributed by atoms with Crippen molar-refractivity contribution in [2.45, 2.75) is 18.9 Å². The van der Waals surface area contributed by atoms with Gasteiger partial charge in [0.15, 0.2) is 5.82 Å². The maximum absolute atomic E-state index is 5.43. The summed E-state index contributed by atoms with van der Waals surface area (Å²) in [6, 6.07) is 10.2. The maximum atomic E-state index is 5.43. The lowest BCUT2D eigenvalue weighted by molar-refractivity contribution is 0.0818. The fraction of sp³-hybridized carbons (Fsp3) is 0.375. The quantitative estimate of drug-likeness (QED) is 0.858. The van der Waals surface area contributed by atoms with E-state index in [1.54, 1.807) is 19.5 Å². The van der Waals surface area contributed by atoms with Crippen molar-refractivity contribution in [3.63, 3.8) is 0 Å². The summed E-state index contributed by atoms with van der Waals surface area (Å²) in [4.78, 5) is 11.4. The molecule has 0 atom stereocenters. The van der Waals surface area contributed by atoms with Gasteiger partial charge in [-0.05, 0) is 12.8 Å². The van der Waals surface area contributed by atoms with Gasteiger partial charge in [0.1, 0.15) is 5.69 Å². The van der Waals surface area contributed by atoms with Gasteiger partial charge in [-0.1, -0.05) is 30.3 Å². The molecule has 1 aliphatic rings. The van der Waals surface area contributed by atoms with Crippen LogP contribution in [0.1, 0.15) is 12.8 Å². The fourth-order valence-electron chi connectivity index (χ4n) is 2.67. The summed E-state index contributed by atoms with van der Waals surface area (Å²) in [5, 5.41) is 0. The van der Waals surface area contributed by atoms with Crippen LogP contribution in [-0.2, 0) is 4.74 Å². The Kier molecular flexibility index (Phi) is 3.92. The van der Waals surface area contributed by atoms with Crippen LogP contribution in [0.25, 0.3) is 11.3 Å². The summed E-state index contributed by atoms with van der Waals surface area (Å²) in [7, 11) is 1.79. The molecule has 1 aliphatic heterocycles. The number of anilines is 1. The lowest BCUT2D eigenvalue weighted by atomic mass is 10.1. The minimum atomic E-state index is 0.378. The summed E-state index contributed by atoms with van der Waals surface area (Å²) in [6.45, 7) is 1.94. The Morgan fingerprint density at radius 1 is 1.05 bits per heavy atom. The zero-order chi connectivity index (χ0) is 13.8. The zero-order valence-electron chi connectivity index (χ0n) is 11.7. The molecule has 0 radical (unpaired) electrons. The molecule has 104 valence electrons. The first-order valence-corrected chi connectivity index (χ1v) is 7.02. The molecule has 2 aromatic rings. The van der Waals surface area contributed by atoms with Crippen LogP contribution < -0.4 is 4.90 Å². The Morgan fingerprint density at radius 2 is 1.75 bits per heavy atom. The van der Waals surface area contributed by atoms with Crippen LogP contribution in [0.5, 0.6) is 0 Å². The molecule has 0 spiro atoms. The third-order valence-electron chi connectivity index (χ3n) is 3.80. The zero-order valence-corrected chi connectivity index (χ0v) is 11.7. The molecule has 1 aromatic carbocycles. The number of aromatic nitrogens is 2. The highest BCUT2D eigenvalue weighted by Crippen LogP contribution is 2.28. The van der Waals surface area contributed by atoms with Crippen LogP contribution in [0.4, 0.5) is 5.82 Å². The molecule has 4 heteroatoms. The minimum Gasteiger partial charge on any atom is -0.381 e. The van der Waals surface area contributed by atoms with Gasteiger partial charge in [-0.3, -0.25) is 4.98 Å². The highest BCUT2D eigenvalue weighted by Gasteiger charge is 2.22. The number of rotatable bonds is 3. The van der Waals surface area contributed by atoms with Crippen LogP contribution in [0.2, 0.25) is 0 Å². The summed E-state index contributed by atoms with van der Waals surface area (Å²) < 4.78 is 5.43. The van der Waals surface area contributed by atoms with Crippen LogP contribution in [0.3, 0.4) is 0 Å². The Bertz CT molecular complexity index is 551. The second-order valence-electron chi connectivity index (χ2n) is 5.02. The van der Waals surface area contributed by atoms with Crippen LogP contribution in [0.15, 0.2) is 42.7 Å². The average molecular weight is 269 g/mol. The van der Waals surface area contributed by atoms with Crippen LogP contribution >= 0.6 is 0 Å². The van der Waals surface area contributed by atoms with E-state index in [2.05, 4.69) is 27.0 Å². The van der Waals surface area contributed by atoms with E-state index in [0.29, 0.717) is 6.10 Å². The van der Waals surface area contributed by atoms with Gasteiger partial charge in [0.05, 0.1) is 6.10 Å². The third kappa shape index (κ3) is 2.65. The highest BCUT2D eigenvalue weighted by molar-refractivity contribution is 5.71. The standard InChI is InChI=1S/C16H19N3O/c1-20-14-7-11-19(12-8-14)16-15(17-9-10-18-16)13-5-3-2-4-6-13/h2-6,9-10,14H,7-8,11-12H2,1H3. The Morgan fingerprint density at radius 3 is 2.45 bits per heavy atom. The minimum absolute atomic E-state index is 0.378. The topological polar surface area (TPSA) is 38.2 Å². The van der Waals surface area contributed by atoms with E-state index in [-0.39, 0.29) is 0 Å². The monoisotopic (exact) mass is 269 g/mol. The van der Waals surface area contributed by atoms with Crippen molar-refractivity contribution in [1.82, 2.24) is 9.97 Å². The Labute approximate surface area is 119 Å². The van der Waals surface area contributed by atoms with Crippen molar-refractivity contribution in [3.8, 4) is 11.3 Å².